The molecular formula is C14H23F3N2O. The van der Waals surface area contributed by atoms with E-state index < -0.39 is 18.1 Å². The van der Waals surface area contributed by atoms with Gasteiger partial charge in [-0.1, -0.05) is 19.3 Å². The zero-order valence-corrected chi connectivity index (χ0v) is 11.7. The van der Waals surface area contributed by atoms with Crippen molar-refractivity contribution in [1.82, 2.24) is 10.2 Å². The van der Waals surface area contributed by atoms with Gasteiger partial charge in [-0.25, -0.2) is 0 Å². The fourth-order valence-corrected chi connectivity index (χ4v) is 3.03. The van der Waals surface area contributed by atoms with Crippen LogP contribution in [-0.4, -0.2) is 42.7 Å². The van der Waals surface area contributed by atoms with E-state index in [1.165, 1.54) is 6.42 Å². The number of nitrogens with zero attached hydrogens (tertiary/aromatic N) is 1. The number of rotatable bonds is 1. The normalized spacial score (nSPS) is 29.6. The lowest BCUT2D eigenvalue weighted by Gasteiger charge is -2.34. The van der Waals surface area contributed by atoms with Crippen LogP contribution in [-0.2, 0) is 4.79 Å². The van der Waals surface area contributed by atoms with Crippen LogP contribution in [0.3, 0.4) is 0 Å². The van der Waals surface area contributed by atoms with E-state index in [9.17, 15) is 18.0 Å². The van der Waals surface area contributed by atoms with Gasteiger partial charge >= 0.3 is 6.18 Å². The van der Waals surface area contributed by atoms with Crippen molar-refractivity contribution in [2.75, 3.05) is 19.6 Å². The minimum Gasteiger partial charge on any atom is -0.341 e. The molecule has 0 saturated carbocycles. The molecule has 0 aromatic rings. The molecule has 3 nitrogen and oxygen atoms in total. The SMILES string of the molecule is O=C(C1CCC(C(F)(F)F)CN1)N1CCCCCCC1. The molecule has 0 bridgehead atoms. The Morgan fingerprint density at radius 3 is 2.10 bits per heavy atom. The molecule has 2 aliphatic rings. The van der Waals surface area contributed by atoms with Crippen molar-refractivity contribution in [3.8, 4) is 0 Å². The monoisotopic (exact) mass is 292 g/mol. The van der Waals surface area contributed by atoms with Crippen LogP contribution in [0.5, 0.6) is 0 Å². The second-order valence-electron chi connectivity index (χ2n) is 5.87. The van der Waals surface area contributed by atoms with E-state index in [0.29, 0.717) is 6.42 Å². The van der Waals surface area contributed by atoms with Crippen molar-refractivity contribution in [2.24, 2.45) is 5.92 Å². The molecule has 0 radical (unpaired) electrons. The van der Waals surface area contributed by atoms with Gasteiger partial charge in [-0.3, -0.25) is 4.79 Å². The van der Waals surface area contributed by atoms with Crippen LogP contribution in [0.2, 0.25) is 0 Å². The minimum atomic E-state index is -4.15. The molecule has 116 valence electrons. The molecule has 2 atom stereocenters. The van der Waals surface area contributed by atoms with Gasteiger partial charge in [0.25, 0.3) is 0 Å². The highest BCUT2D eigenvalue weighted by Crippen LogP contribution is 2.32. The van der Waals surface area contributed by atoms with Crippen molar-refractivity contribution >= 4 is 5.91 Å². The molecule has 20 heavy (non-hydrogen) atoms. The number of alkyl halides is 3. The quantitative estimate of drug-likeness (QED) is 0.806. The summed E-state index contributed by atoms with van der Waals surface area (Å²) in [4.78, 5) is 14.2. The van der Waals surface area contributed by atoms with E-state index in [0.717, 1.165) is 38.8 Å². The maximum absolute atomic E-state index is 12.6. The summed E-state index contributed by atoms with van der Waals surface area (Å²) < 4.78 is 37.8. The number of hydrogen-bond donors (Lipinski definition) is 1. The standard InChI is InChI=1S/C14H23F3N2O/c15-14(16,17)11-6-7-12(18-10-11)13(20)19-8-4-2-1-3-5-9-19/h11-12,18H,1-10H2. The van der Waals surface area contributed by atoms with Crippen molar-refractivity contribution in [3.05, 3.63) is 0 Å². The largest absolute Gasteiger partial charge is 0.393 e. The van der Waals surface area contributed by atoms with Gasteiger partial charge in [-0.2, -0.15) is 13.2 Å². The smallest absolute Gasteiger partial charge is 0.341 e. The molecule has 0 spiro atoms. The fraction of sp³-hybridized carbons (Fsp3) is 0.929. The number of carbonyl (C=O) groups is 1. The van der Waals surface area contributed by atoms with E-state index in [4.69, 9.17) is 0 Å². The van der Waals surface area contributed by atoms with Crippen molar-refractivity contribution in [1.29, 1.82) is 0 Å². The van der Waals surface area contributed by atoms with Gasteiger partial charge in [0.1, 0.15) is 0 Å². The molecule has 0 aromatic carbocycles. The van der Waals surface area contributed by atoms with Gasteiger partial charge in [0.2, 0.25) is 5.91 Å². The molecule has 0 aliphatic carbocycles. The number of nitrogens with one attached hydrogen (secondary N) is 1. The summed E-state index contributed by atoms with van der Waals surface area (Å²) in [5.41, 5.74) is 0. The Morgan fingerprint density at radius 2 is 1.60 bits per heavy atom. The van der Waals surface area contributed by atoms with Crippen LogP contribution in [0.4, 0.5) is 13.2 Å². The zero-order valence-electron chi connectivity index (χ0n) is 11.7. The Kier molecular flexibility index (Phi) is 5.29. The topological polar surface area (TPSA) is 32.3 Å². The van der Waals surface area contributed by atoms with Crippen molar-refractivity contribution in [2.45, 2.75) is 57.2 Å². The molecule has 1 amide bonds. The van der Waals surface area contributed by atoms with Gasteiger partial charge < -0.3 is 10.2 Å². The summed E-state index contributed by atoms with van der Waals surface area (Å²) in [5, 5.41) is 2.80. The van der Waals surface area contributed by atoms with E-state index in [-0.39, 0.29) is 18.9 Å². The first kappa shape index (κ1) is 15.6. The average Bonchev–Trinajstić information content (AvgIpc) is 2.37. The third-order valence-electron chi connectivity index (χ3n) is 4.34. The number of hydrogen-bond acceptors (Lipinski definition) is 2. The van der Waals surface area contributed by atoms with E-state index in [1.807, 2.05) is 4.90 Å². The van der Waals surface area contributed by atoms with Crippen LogP contribution in [0, 0.1) is 5.92 Å². The fourth-order valence-electron chi connectivity index (χ4n) is 3.03. The predicted molar refractivity (Wildman–Crippen MR) is 70.2 cm³/mol. The Labute approximate surface area is 117 Å². The summed E-state index contributed by atoms with van der Waals surface area (Å²) >= 11 is 0. The summed E-state index contributed by atoms with van der Waals surface area (Å²) in [7, 11) is 0. The Hall–Kier alpha value is -0.780. The summed E-state index contributed by atoms with van der Waals surface area (Å²) in [6.45, 7) is 1.37. The lowest BCUT2D eigenvalue weighted by atomic mass is 9.93. The number of amides is 1. The second kappa shape index (κ2) is 6.78. The molecule has 2 aliphatic heterocycles. The Balaban J connectivity index is 1.84. The minimum absolute atomic E-state index is 0.00692. The molecule has 6 heteroatoms. The summed E-state index contributed by atoms with van der Waals surface area (Å²) in [6, 6.07) is -0.423. The predicted octanol–water partition coefficient (Wildman–Crippen LogP) is 2.71. The lowest BCUT2D eigenvalue weighted by molar-refractivity contribution is -0.180. The highest BCUT2D eigenvalue weighted by Gasteiger charge is 2.42. The lowest BCUT2D eigenvalue weighted by Crippen LogP contribution is -2.52. The van der Waals surface area contributed by atoms with Crippen LogP contribution >= 0.6 is 0 Å². The first-order chi connectivity index (χ1) is 9.48. The molecule has 2 fully saturated rings. The van der Waals surface area contributed by atoms with Crippen LogP contribution in [0.1, 0.15) is 44.9 Å². The molecule has 2 rings (SSSR count). The second-order valence-corrected chi connectivity index (χ2v) is 5.87. The maximum Gasteiger partial charge on any atom is 0.393 e. The summed E-state index contributed by atoms with van der Waals surface area (Å²) in [6.07, 6.45) is 1.70. The molecular weight excluding hydrogens is 269 g/mol. The van der Waals surface area contributed by atoms with Gasteiger partial charge in [-0.15, -0.1) is 0 Å². The van der Waals surface area contributed by atoms with Gasteiger partial charge in [0.15, 0.2) is 0 Å². The van der Waals surface area contributed by atoms with E-state index in [2.05, 4.69) is 5.32 Å². The van der Waals surface area contributed by atoms with Gasteiger partial charge in [0.05, 0.1) is 12.0 Å². The first-order valence-corrected chi connectivity index (χ1v) is 7.57. The van der Waals surface area contributed by atoms with Crippen LogP contribution in [0.15, 0.2) is 0 Å². The maximum atomic E-state index is 12.6. The molecule has 2 saturated heterocycles. The Morgan fingerprint density at radius 1 is 1.00 bits per heavy atom. The van der Waals surface area contributed by atoms with E-state index in [1.54, 1.807) is 0 Å². The van der Waals surface area contributed by atoms with E-state index >= 15 is 0 Å². The number of carbonyl (C=O) groups excluding carboxylic acids is 1. The molecule has 0 aromatic heterocycles. The van der Waals surface area contributed by atoms with Gasteiger partial charge in [-0.05, 0) is 25.7 Å². The van der Waals surface area contributed by atoms with Crippen LogP contribution in [0.25, 0.3) is 0 Å². The molecule has 1 N–H and O–H groups in total. The van der Waals surface area contributed by atoms with Crippen molar-refractivity contribution < 1.29 is 18.0 Å². The molecule has 2 unspecified atom stereocenters. The Bertz CT molecular complexity index is 317. The summed E-state index contributed by atoms with van der Waals surface area (Å²) in [5.74, 6) is -1.31. The highest BCUT2D eigenvalue weighted by atomic mass is 19.4. The first-order valence-electron chi connectivity index (χ1n) is 7.57. The number of likely N-dealkylation sites (tertiary alicyclic amines) is 1. The third-order valence-corrected chi connectivity index (χ3v) is 4.34. The van der Waals surface area contributed by atoms with Gasteiger partial charge in [0, 0.05) is 19.6 Å². The highest BCUT2D eigenvalue weighted by molar-refractivity contribution is 5.82. The van der Waals surface area contributed by atoms with Crippen molar-refractivity contribution in [3.63, 3.8) is 0 Å². The number of halogens is 3. The average molecular weight is 292 g/mol. The number of piperidine rings is 1. The third kappa shape index (κ3) is 4.11. The van der Waals surface area contributed by atoms with Crippen LogP contribution < -0.4 is 5.32 Å². The zero-order chi connectivity index (χ0) is 14.6. The molecule has 2 heterocycles.